The van der Waals surface area contributed by atoms with Crippen molar-refractivity contribution < 1.29 is 14.6 Å². The number of ether oxygens (including phenoxy) is 1. The lowest BCUT2D eigenvalue weighted by Crippen LogP contribution is -2.50. The summed E-state index contributed by atoms with van der Waals surface area (Å²) in [7, 11) is 0. The van der Waals surface area contributed by atoms with Gasteiger partial charge in [0.2, 0.25) is 0 Å². The van der Waals surface area contributed by atoms with Crippen LogP contribution in [-0.2, 0) is 4.74 Å². The van der Waals surface area contributed by atoms with E-state index in [1.807, 2.05) is 4.90 Å². The minimum Gasteiger partial charge on any atom is -0.448 e. The van der Waals surface area contributed by atoms with E-state index in [0.717, 1.165) is 45.1 Å². The number of amides is 1. The Bertz CT molecular complexity index is 839. The molecule has 2 aliphatic carbocycles. The lowest BCUT2D eigenvalue weighted by Gasteiger charge is -2.42. The number of aliphatic hydroxyl groups is 1. The topological polar surface area (TPSA) is 49.8 Å². The highest BCUT2D eigenvalue weighted by Gasteiger charge is 2.46. The summed E-state index contributed by atoms with van der Waals surface area (Å²) in [6, 6.07) is 16.8. The quantitative estimate of drug-likeness (QED) is 0.825. The van der Waals surface area contributed by atoms with Gasteiger partial charge >= 0.3 is 6.09 Å². The van der Waals surface area contributed by atoms with E-state index in [4.69, 9.17) is 4.74 Å². The highest BCUT2D eigenvalue weighted by molar-refractivity contribution is 5.79. The lowest BCUT2D eigenvalue weighted by molar-refractivity contribution is 0.0213. The zero-order chi connectivity index (χ0) is 19.1. The van der Waals surface area contributed by atoms with Gasteiger partial charge in [0.15, 0.2) is 0 Å². The molecular weight excluding hydrogens is 350 g/mol. The summed E-state index contributed by atoms with van der Waals surface area (Å²) in [6.45, 7) is 1.15. The smallest absolute Gasteiger partial charge is 0.410 e. The molecule has 1 N–H and O–H groups in total. The second-order valence-corrected chi connectivity index (χ2v) is 8.51. The average Bonchev–Trinajstić information content (AvgIpc) is 3.28. The average molecular weight is 377 g/mol. The summed E-state index contributed by atoms with van der Waals surface area (Å²) in [4.78, 5) is 15.0. The summed E-state index contributed by atoms with van der Waals surface area (Å²) in [5.74, 6) is 0.100. The number of hydrogen-bond acceptors (Lipinski definition) is 3. The number of fused-ring (bicyclic) bond motifs is 3. The molecule has 1 saturated carbocycles. The lowest BCUT2D eigenvalue weighted by atomic mass is 9.79. The molecule has 4 nitrogen and oxygen atoms in total. The normalized spacial score (nSPS) is 26.3. The van der Waals surface area contributed by atoms with Crippen LogP contribution in [0.2, 0.25) is 0 Å². The molecule has 0 unspecified atom stereocenters. The van der Waals surface area contributed by atoms with Gasteiger partial charge in [0.25, 0.3) is 0 Å². The van der Waals surface area contributed by atoms with Crippen LogP contribution in [0.15, 0.2) is 48.5 Å². The monoisotopic (exact) mass is 377 g/mol. The van der Waals surface area contributed by atoms with Gasteiger partial charge in [0.1, 0.15) is 6.61 Å². The summed E-state index contributed by atoms with van der Waals surface area (Å²) < 4.78 is 5.90. The first kappa shape index (κ1) is 17.7. The molecule has 0 aromatic heterocycles. The van der Waals surface area contributed by atoms with E-state index in [2.05, 4.69) is 48.5 Å². The van der Waals surface area contributed by atoms with E-state index in [1.54, 1.807) is 0 Å². The number of carbonyl (C=O) groups is 1. The van der Waals surface area contributed by atoms with Crippen LogP contribution >= 0.6 is 0 Å². The molecule has 1 saturated heterocycles. The van der Waals surface area contributed by atoms with Crippen molar-refractivity contribution in [3.63, 3.8) is 0 Å². The summed E-state index contributed by atoms with van der Waals surface area (Å²) >= 11 is 0. The van der Waals surface area contributed by atoms with E-state index < -0.39 is 0 Å². The fourth-order valence-electron chi connectivity index (χ4n) is 5.56. The van der Waals surface area contributed by atoms with Crippen molar-refractivity contribution in [1.29, 1.82) is 0 Å². The number of likely N-dealkylation sites (tertiary alicyclic amines) is 1. The minimum absolute atomic E-state index is 0.0954. The Balaban J connectivity index is 1.33. The molecule has 0 atom stereocenters. The maximum absolute atomic E-state index is 13.0. The molecule has 1 aliphatic heterocycles. The van der Waals surface area contributed by atoms with Gasteiger partial charge in [-0.1, -0.05) is 48.5 Å². The van der Waals surface area contributed by atoms with Crippen LogP contribution in [0, 0.1) is 0 Å². The fraction of sp³-hybridized carbons (Fsp3) is 0.458. The fourth-order valence-corrected chi connectivity index (χ4v) is 5.56. The molecule has 3 aliphatic rings. The minimum atomic E-state index is -0.212. The molecule has 2 aromatic carbocycles. The van der Waals surface area contributed by atoms with E-state index in [1.165, 1.54) is 22.3 Å². The van der Waals surface area contributed by atoms with Gasteiger partial charge in [-0.05, 0) is 60.8 Å². The molecule has 2 fully saturated rings. The van der Waals surface area contributed by atoms with Gasteiger partial charge in [-0.15, -0.1) is 0 Å². The molecule has 1 spiro atoms. The largest absolute Gasteiger partial charge is 0.448 e. The first-order valence-electron chi connectivity index (χ1n) is 10.5. The van der Waals surface area contributed by atoms with Crippen LogP contribution in [0.4, 0.5) is 4.79 Å². The highest BCUT2D eigenvalue weighted by atomic mass is 16.6. The van der Waals surface area contributed by atoms with Crippen molar-refractivity contribution >= 4 is 6.09 Å². The molecule has 5 rings (SSSR count). The third-order valence-electron chi connectivity index (χ3n) is 7.04. The molecule has 4 heteroatoms. The molecule has 1 heterocycles. The Morgan fingerprint density at radius 1 is 1.00 bits per heavy atom. The zero-order valence-electron chi connectivity index (χ0n) is 16.1. The Morgan fingerprint density at radius 2 is 1.61 bits per heavy atom. The highest BCUT2D eigenvalue weighted by Crippen LogP contribution is 2.45. The van der Waals surface area contributed by atoms with Crippen LogP contribution in [0.5, 0.6) is 0 Å². The van der Waals surface area contributed by atoms with Crippen LogP contribution < -0.4 is 0 Å². The summed E-state index contributed by atoms with van der Waals surface area (Å²) in [5, 5.41) is 9.88. The number of benzene rings is 2. The van der Waals surface area contributed by atoms with E-state index in [9.17, 15) is 9.90 Å². The Hall–Kier alpha value is -2.33. The third-order valence-corrected chi connectivity index (χ3v) is 7.04. The van der Waals surface area contributed by atoms with Gasteiger partial charge in [0, 0.05) is 18.0 Å². The van der Waals surface area contributed by atoms with Crippen molar-refractivity contribution in [2.45, 2.75) is 56.1 Å². The second-order valence-electron chi connectivity index (χ2n) is 8.51. The molecule has 2 aromatic rings. The van der Waals surface area contributed by atoms with E-state index >= 15 is 0 Å². The molecule has 0 bridgehead atoms. The standard InChI is InChI=1S/C24H27NO3/c26-17-10-13-24(14-11-17)12-5-15-25(24)23(27)28-16-22-20-8-3-1-6-18(20)19-7-2-4-9-21(19)22/h1-4,6-9,17,22,26H,5,10-16H2. The summed E-state index contributed by atoms with van der Waals surface area (Å²) in [6.07, 6.45) is 5.01. The Labute approximate surface area is 166 Å². The predicted octanol–water partition coefficient (Wildman–Crippen LogP) is 4.71. The first-order valence-corrected chi connectivity index (χ1v) is 10.5. The zero-order valence-corrected chi connectivity index (χ0v) is 16.1. The van der Waals surface area contributed by atoms with Crippen molar-refractivity contribution in [3.8, 4) is 11.1 Å². The number of rotatable bonds is 2. The van der Waals surface area contributed by atoms with Gasteiger partial charge in [0.05, 0.1) is 6.10 Å². The Morgan fingerprint density at radius 3 is 2.25 bits per heavy atom. The van der Waals surface area contributed by atoms with Crippen LogP contribution in [-0.4, -0.2) is 40.9 Å². The number of aliphatic hydroxyl groups excluding tert-OH is 1. The molecule has 1 amide bonds. The van der Waals surface area contributed by atoms with Crippen LogP contribution in [0.3, 0.4) is 0 Å². The van der Waals surface area contributed by atoms with Crippen molar-refractivity contribution in [2.24, 2.45) is 0 Å². The van der Waals surface area contributed by atoms with E-state index in [-0.39, 0.29) is 23.7 Å². The van der Waals surface area contributed by atoms with Crippen LogP contribution in [0.25, 0.3) is 11.1 Å². The van der Waals surface area contributed by atoms with Crippen molar-refractivity contribution in [3.05, 3.63) is 59.7 Å². The maximum atomic E-state index is 13.0. The predicted molar refractivity (Wildman–Crippen MR) is 108 cm³/mol. The van der Waals surface area contributed by atoms with Gasteiger partial charge in [-0.3, -0.25) is 0 Å². The molecular formula is C24H27NO3. The first-order chi connectivity index (χ1) is 13.7. The van der Waals surface area contributed by atoms with Gasteiger partial charge < -0.3 is 14.7 Å². The number of nitrogens with zero attached hydrogens (tertiary/aromatic N) is 1. The molecule has 0 radical (unpaired) electrons. The van der Waals surface area contributed by atoms with E-state index in [0.29, 0.717) is 6.61 Å². The number of hydrogen-bond donors (Lipinski definition) is 1. The van der Waals surface area contributed by atoms with Gasteiger partial charge in [-0.2, -0.15) is 0 Å². The van der Waals surface area contributed by atoms with Crippen molar-refractivity contribution in [2.75, 3.05) is 13.2 Å². The van der Waals surface area contributed by atoms with Gasteiger partial charge in [-0.25, -0.2) is 4.79 Å². The SMILES string of the molecule is O=C(OCC1c2ccccc2-c2ccccc21)N1CCCC12CCC(O)CC2. The van der Waals surface area contributed by atoms with Crippen molar-refractivity contribution in [1.82, 2.24) is 4.90 Å². The maximum Gasteiger partial charge on any atom is 0.410 e. The molecule has 28 heavy (non-hydrogen) atoms. The molecule has 146 valence electrons. The second kappa shape index (κ2) is 6.93. The van der Waals surface area contributed by atoms with Crippen LogP contribution in [0.1, 0.15) is 55.6 Å². The summed E-state index contributed by atoms with van der Waals surface area (Å²) in [5.41, 5.74) is 4.89. The Kier molecular flexibility index (Phi) is 4.39. The third kappa shape index (κ3) is 2.82. The number of carbonyl (C=O) groups excluding carboxylic acids is 1.